The van der Waals surface area contributed by atoms with Gasteiger partial charge in [0.2, 0.25) is 0 Å². The van der Waals surface area contributed by atoms with E-state index in [9.17, 15) is 4.39 Å². The molecule has 3 heteroatoms. The smallest absolute Gasteiger partial charge is 0.165 e. The maximum absolute atomic E-state index is 14.5. The Kier molecular flexibility index (Phi) is 9.53. The van der Waals surface area contributed by atoms with E-state index in [0.717, 1.165) is 36.3 Å². The molecule has 0 aliphatic heterocycles. The fraction of sp³-hybridized carbons (Fsp3) is 0.519. The summed E-state index contributed by atoms with van der Waals surface area (Å²) in [6, 6.07) is 13.2. The van der Waals surface area contributed by atoms with Crippen LogP contribution >= 0.6 is 0 Å². The number of benzene rings is 2. The van der Waals surface area contributed by atoms with Crippen LogP contribution in [-0.4, -0.2) is 13.2 Å². The molecule has 0 unspecified atom stereocenters. The van der Waals surface area contributed by atoms with E-state index in [-0.39, 0.29) is 5.82 Å². The Morgan fingerprint density at radius 3 is 2.27 bits per heavy atom. The van der Waals surface area contributed by atoms with E-state index in [1.165, 1.54) is 51.4 Å². The van der Waals surface area contributed by atoms with Crippen molar-refractivity contribution >= 4 is 0 Å². The molecule has 1 aliphatic rings. The SMILES string of the molecule is CCCCCCCCOc1ccc(-c2ccc(OCC3CC[CH]CC3)cc2)cc1F. The molecule has 1 saturated carbocycles. The maximum atomic E-state index is 14.5. The summed E-state index contributed by atoms with van der Waals surface area (Å²) in [7, 11) is 0. The minimum atomic E-state index is -0.298. The van der Waals surface area contributed by atoms with Crippen LogP contribution in [0.1, 0.15) is 71.1 Å². The van der Waals surface area contributed by atoms with Crippen molar-refractivity contribution in [3.05, 3.63) is 54.7 Å². The topological polar surface area (TPSA) is 18.5 Å². The largest absolute Gasteiger partial charge is 0.493 e. The van der Waals surface area contributed by atoms with E-state index in [4.69, 9.17) is 9.47 Å². The highest BCUT2D eigenvalue weighted by Gasteiger charge is 2.14. The second kappa shape index (κ2) is 12.6. The Morgan fingerprint density at radius 1 is 0.833 bits per heavy atom. The van der Waals surface area contributed by atoms with Crippen molar-refractivity contribution in [2.45, 2.75) is 71.1 Å². The quantitative estimate of drug-likeness (QED) is 0.329. The number of unbranched alkanes of at least 4 members (excludes halogenated alkanes) is 5. The first-order chi connectivity index (χ1) is 14.8. The Hall–Kier alpha value is -2.03. The van der Waals surface area contributed by atoms with Crippen molar-refractivity contribution in [3.63, 3.8) is 0 Å². The lowest BCUT2D eigenvalue weighted by molar-refractivity contribution is 0.221. The van der Waals surface area contributed by atoms with Crippen LogP contribution in [0.25, 0.3) is 11.1 Å². The summed E-state index contributed by atoms with van der Waals surface area (Å²) in [4.78, 5) is 0. The summed E-state index contributed by atoms with van der Waals surface area (Å²) < 4.78 is 26.1. The summed E-state index contributed by atoms with van der Waals surface area (Å²) in [6.45, 7) is 3.58. The van der Waals surface area contributed by atoms with Gasteiger partial charge in [0.05, 0.1) is 13.2 Å². The normalized spacial score (nSPS) is 14.6. The second-order valence-electron chi connectivity index (χ2n) is 8.41. The Morgan fingerprint density at radius 2 is 1.53 bits per heavy atom. The van der Waals surface area contributed by atoms with E-state index in [2.05, 4.69) is 13.3 Å². The number of rotatable bonds is 12. The molecule has 30 heavy (non-hydrogen) atoms. The van der Waals surface area contributed by atoms with Crippen LogP contribution in [0.4, 0.5) is 4.39 Å². The third-order valence-electron chi connectivity index (χ3n) is 5.92. The van der Waals surface area contributed by atoms with Crippen LogP contribution in [-0.2, 0) is 0 Å². The van der Waals surface area contributed by atoms with Crippen LogP contribution in [0.3, 0.4) is 0 Å². The summed E-state index contributed by atoms with van der Waals surface area (Å²) in [5.41, 5.74) is 1.84. The van der Waals surface area contributed by atoms with Crippen molar-refractivity contribution in [3.8, 4) is 22.6 Å². The van der Waals surface area contributed by atoms with Gasteiger partial charge >= 0.3 is 0 Å². The minimum Gasteiger partial charge on any atom is -0.493 e. The summed E-state index contributed by atoms with van der Waals surface area (Å²) >= 11 is 0. The standard InChI is InChI=1S/C27H36FO2/c1-2-3-4-5-6-10-19-29-27-18-15-24(20-26(27)28)23-13-16-25(17-14-23)30-21-22-11-8-7-9-12-22/h7,13-18,20,22H,2-6,8-12,19,21H2,1H3. The minimum absolute atomic E-state index is 0.298. The maximum Gasteiger partial charge on any atom is 0.165 e. The first-order valence-electron chi connectivity index (χ1n) is 11.7. The van der Waals surface area contributed by atoms with E-state index in [1.54, 1.807) is 12.1 Å². The molecule has 163 valence electrons. The first-order valence-corrected chi connectivity index (χ1v) is 11.7. The van der Waals surface area contributed by atoms with Gasteiger partial charge in [-0.15, -0.1) is 0 Å². The molecule has 2 aromatic carbocycles. The summed E-state index contributed by atoms with van der Waals surface area (Å²) in [5, 5.41) is 0. The van der Waals surface area contributed by atoms with Crippen molar-refractivity contribution < 1.29 is 13.9 Å². The Bertz CT molecular complexity index is 735. The molecule has 0 heterocycles. The monoisotopic (exact) mass is 411 g/mol. The number of hydrogen-bond acceptors (Lipinski definition) is 2. The molecule has 0 atom stereocenters. The van der Waals surface area contributed by atoms with Gasteiger partial charge in [-0.3, -0.25) is 0 Å². The zero-order valence-corrected chi connectivity index (χ0v) is 18.4. The van der Waals surface area contributed by atoms with Crippen molar-refractivity contribution in [1.82, 2.24) is 0 Å². The average Bonchev–Trinajstić information content (AvgIpc) is 2.79. The highest BCUT2D eigenvalue weighted by atomic mass is 19.1. The predicted octanol–water partition coefficient (Wildman–Crippen LogP) is 8.01. The van der Waals surface area contributed by atoms with E-state index in [1.807, 2.05) is 30.3 Å². The fourth-order valence-electron chi connectivity index (χ4n) is 3.98. The summed E-state index contributed by atoms with van der Waals surface area (Å²) in [5.74, 6) is 1.59. The molecule has 2 aromatic rings. The van der Waals surface area contributed by atoms with Crippen LogP contribution in [0.15, 0.2) is 42.5 Å². The van der Waals surface area contributed by atoms with E-state index in [0.29, 0.717) is 18.3 Å². The molecular weight excluding hydrogens is 375 g/mol. The Labute approximate surface area is 181 Å². The molecule has 1 fully saturated rings. The third kappa shape index (κ3) is 7.34. The van der Waals surface area contributed by atoms with Gasteiger partial charge in [0.1, 0.15) is 5.75 Å². The van der Waals surface area contributed by atoms with Crippen molar-refractivity contribution in [2.75, 3.05) is 13.2 Å². The van der Waals surface area contributed by atoms with Crippen molar-refractivity contribution in [2.24, 2.45) is 5.92 Å². The molecule has 0 saturated heterocycles. The first kappa shape index (κ1) is 22.7. The molecule has 0 spiro atoms. The lowest BCUT2D eigenvalue weighted by Crippen LogP contribution is -2.15. The lowest BCUT2D eigenvalue weighted by Gasteiger charge is -2.21. The fourth-order valence-corrected chi connectivity index (χ4v) is 3.98. The molecule has 1 radical (unpaired) electrons. The molecular formula is C27H36FO2. The van der Waals surface area contributed by atoms with E-state index >= 15 is 0 Å². The van der Waals surface area contributed by atoms with Crippen LogP contribution in [0.2, 0.25) is 0 Å². The number of hydrogen-bond donors (Lipinski definition) is 0. The second-order valence-corrected chi connectivity index (χ2v) is 8.41. The van der Waals surface area contributed by atoms with Gasteiger partial charge in [0.15, 0.2) is 11.6 Å². The molecule has 0 bridgehead atoms. The van der Waals surface area contributed by atoms with Gasteiger partial charge in [0, 0.05) is 0 Å². The number of ether oxygens (including phenoxy) is 2. The molecule has 1 aliphatic carbocycles. The highest BCUT2D eigenvalue weighted by Crippen LogP contribution is 2.28. The molecule has 3 rings (SSSR count). The number of halogens is 1. The lowest BCUT2D eigenvalue weighted by atomic mass is 9.90. The van der Waals surface area contributed by atoms with Gasteiger partial charge in [-0.25, -0.2) is 4.39 Å². The summed E-state index contributed by atoms with van der Waals surface area (Å²) in [6.07, 6.45) is 14.4. The third-order valence-corrected chi connectivity index (χ3v) is 5.92. The molecule has 0 aromatic heterocycles. The van der Waals surface area contributed by atoms with Crippen LogP contribution in [0.5, 0.6) is 11.5 Å². The molecule has 2 nitrogen and oxygen atoms in total. The average molecular weight is 412 g/mol. The predicted molar refractivity (Wildman–Crippen MR) is 122 cm³/mol. The van der Waals surface area contributed by atoms with Gasteiger partial charge < -0.3 is 9.47 Å². The van der Waals surface area contributed by atoms with E-state index < -0.39 is 0 Å². The van der Waals surface area contributed by atoms with Crippen LogP contribution < -0.4 is 9.47 Å². The van der Waals surface area contributed by atoms with Crippen LogP contribution in [0, 0.1) is 18.2 Å². The van der Waals surface area contributed by atoms with Crippen molar-refractivity contribution in [1.29, 1.82) is 0 Å². The zero-order chi connectivity index (χ0) is 21.0. The molecule has 0 amide bonds. The van der Waals surface area contributed by atoms with Gasteiger partial charge in [0.25, 0.3) is 0 Å². The Balaban J connectivity index is 1.45. The van der Waals surface area contributed by atoms with Gasteiger partial charge in [-0.05, 0) is 79.8 Å². The molecule has 0 N–H and O–H groups in total. The van der Waals surface area contributed by atoms with Gasteiger partial charge in [-0.2, -0.15) is 0 Å². The highest BCUT2D eigenvalue weighted by molar-refractivity contribution is 5.65. The zero-order valence-electron chi connectivity index (χ0n) is 18.4. The van der Waals surface area contributed by atoms with Gasteiger partial charge in [-0.1, -0.05) is 57.2 Å².